The fourth-order valence-corrected chi connectivity index (χ4v) is 5.17. The van der Waals surface area contributed by atoms with Crippen LogP contribution in [0.4, 0.5) is 11.4 Å². The van der Waals surface area contributed by atoms with Crippen LogP contribution in [0, 0.1) is 11.3 Å². The Morgan fingerprint density at radius 3 is 2.35 bits per heavy atom. The molecule has 0 spiro atoms. The van der Waals surface area contributed by atoms with Crippen LogP contribution in [0.25, 0.3) is 0 Å². The molecule has 1 aliphatic heterocycles. The van der Waals surface area contributed by atoms with Gasteiger partial charge in [-0.1, -0.05) is 53.7 Å². The molecule has 1 aliphatic rings. The molecule has 3 aromatic carbocycles. The van der Waals surface area contributed by atoms with Crippen LogP contribution in [0.3, 0.4) is 0 Å². The summed E-state index contributed by atoms with van der Waals surface area (Å²) in [6.45, 7) is 2.02. The Hall–Kier alpha value is -4.06. The second-order valence-corrected chi connectivity index (χ2v) is 9.62. The van der Waals surface area contributed by atoms with Crippen molar-refractivity contribution < 1.29 is 19.1 Å². The summed E-state index contributed by atoms with van der Waals surface area (Å²) in [6, 6.07) is 24.2. The number of benzene rings is 3. The molecule has 0 aliphatic carbocycles. The molecule has 1 N–H and O–H groups in total. The maximum atomic E-state index is 13.6. The third-order valence-electron chi connectivity index (χ3n) is 5.51. The molecule has 0 radical (unpaired) electrons. The first-order valence-corrected chi connectivity index (χ1v) is 12.7. The number of nitrogens with zero attached hydrogens (tertiary/aromatic N) is 2. The predicted octanol–water partition coefficient (Wildman–Crippen LogP) is 5.58. The zero-order valence-electron chi connectivity index (χ0n) is 19.8. The molecule has 1 fully saturated rings. The van der Waals surface area contributed by atoms with Gasteiger partial charge in [0.05, 0.1) is 17.4 Å². The number of esters is 1. The van der Waals surface area contributed by atoms with Gasteiger partial charge >= 0.3 is 5.97 Å². The first-order valence-electron chi connectivity index (χ1n) is 11.4. The van der Waals surface area contributed by atoms with Crippen LogP contribution in [0.15, 0.2) is 89.5 Å². The number of nitriles is 1. The van der Waals surface area contributed by atoms with Crippen LogP contribution < -0.4 is 10.2 Å². The van der Waals surface area contributed by atoms with E-state index in [2.05, 4.69) is 5.32 Å². The number of carbonyl (C=O) groups excluding carboxylic acids is 3. The van der Waals surface area contributed by atoms with Gasteiger partial charge in [-0.15, -0.1) is 0 Å². The number of rotatable bonds is 7. The van der Waals surface area contributed by atoms with Gasteiger partial charge in [-0.3, -0.25) is 14.5 Å². The highest BCUT2D eigenvalue weighted by Gasteiger charge is 2.40. The zero-order valence-corrected chi connectivity index (χ0v) is 21.4. The smallest absolute Gasteiger partial charge is 0.338 e. The Labute approximate surface area is 223 Å². The number of hydrogen-bond acceptors (Lipinski definition) is 6. The van der Waals surface area contributed by atoms with Crippen LogP contribution >= 0.6 is 23.4 Å². The quantitative estimate of drug-likeness (QED) is 0.243. The minimum Gasteiger partial charge on any atom is -0.462 e. The topological polar surface area (TPSA) is 99.5 Å². The second kappa shape index (κ2) is 11.8. The Balaban J connectivity index is 1.64. The molecule has 1 saturated heterocycles. The average Bonchev–Trinajstić information content (AvgIpc) is 3.22. The first kappa shape index (κ1) is 26.0. The van der Waals surface area contributed by atoms with Crippen molar-refractivity contribution in [1.82, 2.24) is 0 Å². The average molecular weight is 532 g/mol. The Morgan fingerprint density at radius 2 is 1.73 bits per heavy atom. The highest BCUT2D eigenvalue weighted by Crippen LogP contribution is 2.42. The maximum absolute atomic E-state index is 13.6. The van der Waals surface area contributed by atoms with Gasteiger partial charge in [0.15, 0.2) is 0 Å². The lowest BCUT2D eigenvalue weighted by Crippen LogP contribution is -2.30. The van der Waals surface area contributed by atoms with Crippen LogP contribution in [0.1, 0.15) is 22.8 Å². The van der Waals surface area contributed by atoms with E-state index in [0.717, 1.165) is 5.56 Å². The molecule has 0 bridgehead atoms. The van der Waals surface area contributed by atoms with Crippen molar-refractivity contribution in [2.45, 2.75) is 18.6 Å². The highest BCUT2D eigenvalue weighted by molar-refractivity contribution is 8.05. The fourth-order valence-electron chi connectivity index (χ4n) is 3.73. The van der Waals surface area contributed by atoms with E-state index in [0.29, 0.717) is 28.4 Å². The molecule has 2 amide bonds. The van der Waals surface area contributed by atoms with Crippen molar-refractivity contribution in [2.24, 2.45) is 0 Å². The van der Waals surface area contributed by atoms with Crippen molar-refractivity contribution in [1.29, 1.82) is 5.26 Å². The van der Waals surface area contributed by atoms with Crippen molar-refractivity contribution >= 4 is 52.5 Å². The third-order valence-corrected chi connectivity index (χ3v) is 7.02. The SMILES string of the molecule is CCOC(=O)c1ccc(C[C@H]2S/C(=C(/C#N)C(=O)Nc3ccc(Cl)cc3)N(c3ccccc3)C2=O)cc1. The van der Waals surface area contributed by atoms with Gasteiger partial charge in [0.1, 0.15) is 16.7 Å². The molecule has 0 unspecified atom stereocenters. The Morgan fingerprint density at radius 1 is 1.05 bits per heavy atom. The van der Waals surface area contributed by atoms with Gasteiger partial charge in [-0.25, -0.2) is 4.79 Å². The number of halogens is 1. The van der Waals surface area contributed by atoms with Crippen molar-refractivity contribution in [3.05, 3.63) is 106 Å². The van der Waals surface area contributed by atoms with E-state index in [9.17, 15) is 19.6 Å². The van der Waals surface area contributed by atoms with Gasteiger partial charge < -0.3 is 10.1 Å². The zero-order chi connectivity index (χ0) is 26.4. The lowest BCUT2D eigenvalue weighted by molar-refractivity contribution is -0.117. The standard InChI is InChI=1S/C28H22ClN3O4S/c1-2-36-28(35)19-10-8-18(9-11-19)16-24-26(34)32(22-6-4-3-5-7-22)27(37-24)23(17-30)25(33)31-21-14-12-20(29)13-15-21/h3-15,24H,2,16H2,1H3,(H,31,33)/b27-23-/t24-/m1/s1. The number of ether oxygens (including phenoxy) is 1. The van der Waals surface area contributed by atoms with Crippen molar-refractivity contribution in [3.63, 3.8) is 0 Å². The summed E-state index contributed by atoms with van der Waals surface area (Å²) >= 11 is 7.09. The van der Waals surface area contributed by atoms with Crippen LogP contribution in [-0.4, -0.2) is 29.6 Å². The fraction of sp³-hybridized carbons (Fsp3) is 0.143. The molecular weight excluding hydrogens is 510 g/mol. The summed E-state index contributed by atoms with van der Waals surface area (Å²) in [6.07, 6.45) is 0.344. The highest BCUT2D eigenvalue weighted by atomic mass is 35.5. The van der Waals surface area contributed by atoms with Gasteiger partial charge in [-0.05, 0) is 67.4 Å². The molecule has 3 aromatic rings. The summed E-state index contributed by atoms with van der Waals surface area (Å²) in [5, 5.41) is 12.9. The van der Waals surface area contributed by atoms with Gasteiger partial charge in [0.2, 0.25) is 5.91 Å². The van der Waals surface area contributed by atoms with Gasteiger partial charge in [0.25, 0.3) is 5.91 Å². The first-order chi connectivity index (χ1) is 17.9. The third kappa shape index (κ3) is 6.02. The monoisotopic (exact) mass is 531 g/mol. The molecule has 1 heterocycles. The number of thioether (sulfide) groups is 1. The van der Waals surface area contributed by atoms with E-state index >= 15 is 0 Å². The maximum Gasteiger partial charge on any atom is 0.338 e. The van der Waals surface area contributed by atoms with E-state index in [1.807, 2.05) is 12.1 Å². The lowest BCUT2D eigenvalue weighted by Gasteiger charge is -2.18. The van der Waals surface area contributed by atoms with Crippen molar-refractivity contribution in [3.8, 4) is 6.07 Å². The van der Waals surface area contributed by atoms with Crippen LogP contribution in [0.2, 0.25) is 5.02 Å². The minimum absolute atomic E-state index is 0.169. The molecule has 4 rings (SSSR count). The van der Waals surface area contributed by atoms with Crippen LogP contribution in [0.5, 0.6) is 0 Å². The number of amides is 2. The molecule has 1 atom stereocenters. The van der Waals surface area contributed by atoms with Gasteiger partial charge in [0, 0.05) is 16.4 Å². The molecule has 7 nitrogen and oxygen atoms in total. The Bertz CT molecular complexity index is 1380. The molecule has 37 heavy (non-hydrogen) atoms. The predicted molar refractivity (Wildman–Crippen MR) is 144 cm³/mol. The van der Waals surface area contributed by atoms with E-state index < -0.39 is 17.1 Å². The number of anilines is 2. The molecule has 9 heteroatoms. The largest absolute Gasteiger partial charge is 0.462 e. The van der Waals surface area contributed by atoms with Gasteiger partial charge in [-0.2, -0.15) is 5.26 Å². The van der Waals surface area contributed by atoms with Crippen molar-refractivity contribution in [2.75, 3.05) is 16.8 Å². The normalized spacial score (nSPS) is 16.2. The second-order valence-electron chi connectivity index (χ2n) is 7.99. The number of hydrogen-bond donors (Lipinski definition) is 1. The molecule has 0 saturated carbocycles. The van der Waals surface area contributed by atoms with E-state index in [1.165, 1.54) is 16.7 Å². The Kier molecular flexibility index (Phi) is 8.29. The summed E-state index contributed by atoms with van der Waals surface area (Å²) in [5.74, 6) is -1.28. The van der Waals surface area contributed by atoms with Crippen LogP contribution in [-0.2, 0) is 20.7 Å². The minimum atomic E-state index is -0.625. The van der Waals surface area contributed by atoms with E-state index in [1.54, 1.807) is 79.7 Å². The molecule has 186 valence electrons. The van der Waals surface area contributed by atoms with E-state index in [4.69, 9.17) is 16.3 Å². The lowest BCUT2D eigenvalue weighted by atomic mass is 10.1. The molecule has 0 aromatic heterocycles. The molecular formula is C28H22ClN3O4S. The summed E-state index contributed by atoms with van der Waals surface area (Å²) in [5.41, 5.74) is 2.12. The number of carbonyl (C=O) groups is 3. The van der Waals surface area contributed by atoms with E-state index in [-0.39, 0.29) is 23.1 Å². The summed E-state index contributed by atoms with van der Waals surface area (Å²) in [4.78, 5) is 40.0. The summed E-state index contributed by atoms with van der Waals surface area (Å²) in [7, 11) is 0. The summed E-state index contributed by atoms with van der Waals surface area (Å²) < 4.78 is 5.02. The number of nitrogens with one attached hydrogen (secondary N) is 1. The number of para-hydroxylation sites is 1.